The minimum Gasteiger partial charge on any atom is -0.462 e. The lowest BCUT2D eigenvalue weighted by Crippen LogP contribution is -2.30. The Kier molecular flexibility index (Phi) is 46.6. The summed E-state index contributed by atoms with van der Waals surface area (Å²) < 4.78 is 16.8. The molecule has 0 aliphatic heterocycles. The molecule has 0 bridgehead atoms. The predicted molar refractivity (Wildman–Crippen MR) is 261 cm³/mol. The van der Waals surface area contributed by atoms with Crippen LogP contribution in [-0.2, 0) is 28.6 Å². The molecule has 0 saturated carbocycles. The molecule has 0 unspecified atom stereocenters. The van der Waals surface area contributed by atoms with Crippen molar-refractivity contribution in [1.29, 1.82) is 0 Å². The number of esters is 3. The van der Waals surface area contributed by atoms with Crippen LogP contribution in [0.1, 0.15) is 304 Å². The number of rotatable bonds is 49. The van der Waals surface area contributed by atoms with E-state index >= 15 is 0 Å². The van der Waals surface area contributed by atoms with E-state index in [0.717, 1.165) is 69.6 Å². The van der Waals surface area contributed by atoms with E-state index in [2.05, 4.69) is 34.6 Å². The van der Waals surface area contributed by atoms with E-state index in [0.29, 0.717) is 19.3 Å². The number of hydrogen-bond acceptors (Lipinski definition) is 6. The molecule has 6 heteroatoms. The van der Waals surface area contributed by atoms with Gasteiger partial charge in [-0.2, -0.15) is 0 Å². The van der Waals surface area contributed by atoms with Crippen LogP contribution in [0.15, 0.2) is 0 Å². The molecule has 0 fully saturated rings. The predicted octanol–water partition coefficient (Wildman–Crippen LogP) is 17.7. The Balaban J connectivity index is 4.21. The first kappa shape index (κ1) is 59.4. The van der Waals surface area contributed by atoms with Crippen molar-refractivity contribution in [3.63, 3.8) is 0 Å². The summed E-state index contributed by atoms with van der Waals surface area (Å²) in [6, 6.07) is 0. The second-order valence-electron chi connectivity index (χ2n) is 19.8. The van der Waals surface area contributed by atoms with Crippen molar-refractivity contribution in [2.75, 3.05) is 13.2 Å². The topological polar surface area (TPSA) is 78.9 Å². The number of ether oxygens (including phenoxy) is 3. The summed E-state index contributed by atoms with van der Waals surface area (Å²) in [6.07, 6.45) is 49.6. The van der Waals surface area contributed by atoms with Crippen LogP contribution >= 0.6 is 0 Å². The van der Waals surface area contributed by atoms with E-state index in [-0.39, 0.29) is 31.1 Å². The fraction of sp³-hybridized carbons (Fsp3) is 0.945. The molecular weight excluding hydrogens is 757 g/mol. The zero-order chi connectivity index (χ0) is 44.7. The van der Waals surface area contributed by atoms with Gasteiger partial charge in [0.15, 0.2) is 6.10 Å². The third kappa shape index (κ3) is 49.3. The first-order chi connectivity index (χ1) is 29.7. The molecule has 0 rings (SSSR count). The minimum absolute atomic E-state index is 0.0638. The molecule has 0 aromatic heterocycles. The molecule has 0 aliphatic carbocycles. The number of unbranched alkanes of at least 4 members (excludes halogenated alkanes) is 34. The molecule has 6 nitrogen and oxygen atoms in total. The Morgan fingerprint density at radius 3 is 0.803 bits per heavy atom. The molecule has 362 valence electrons. The highest BCUT2D eigenvalue weighted by atomic mass is 16.6. The van der Waals surface area contributed by atoms with Crippen molar-refractivity contribution in [3.05, 3.63) is 0 Å². The fourth-order valence-electron chi connectivity index (χ4n) is 8.34. The lowest BCUT2D eigenvalue weighted by molar-refractivity contribution is -0.167. The van der Waals surface area contributed by atoms with Gasteiger partial charge in [0.2, 0.25) is 0 Å². The van der Waals surface area contributed by atoms with Gasteiger partial charge in [-0.3, -0.25) is 14.4 Å². The minimum atomic E-state index is -0.762. The zero-order valence-electron chi connectivity index (χ0n) is 41.8. The molecule has 0 aromatic rings. The summed E-state index contributed by atoms with van der Waals surface area (Å²) in [7, 11) is 0. The maximum Gasteiger partial charge on any atom is 0.306 e. The highest BCUT2D eigenvalue weighted by Gasteiger charge is 2.19. The highest BCUT2D eigenvalue weighted by Crippen LogP contribution is 2.18. The number of hydrogen-bond donors (Lipinski definition) is 0. The van der Waals surface area contributed by atoms with Crippen molar-refractivity contribution in [1.82, 2.24) is 0 Å². The molecule has 1 atom stereocenters. The smallest absolute Gasteiger partial charge is 0.306 e. The van der Waals surface area contributed by atoms with Gasteiger partial charge >= 0.3 is 17.9 Å². The summed E-state index contributed by atoms with van der Waals surface area (Å²) in [6.45, 7) is 11.4. The first-order valence-electron chi connectivity index (χ1n) is 27.2. The van der Waals surface area contributed by atoms with Crippen LogP contribution in [0.3, 0.4) is 0 Å². The lowest BCUT2D eigenvalue weighted by Gasteiger charge is -2.18. The standard InChI is InChI=1S/C55H106O6/c1-6-7-8-9-10-11-12-22-25-30-35-40-45-53(56)59-48-52(49-60-54(57)46-41-36-32-27-29-34-39-44-51(4)5)61-55(58)47-42-37-31-26-23-20-18-16-14-13-15-17-19-21-24-28-33-38-43-50(2)3/h50-52H,6-49H2,1-5H3/t52-/m1/s1. The van der Waals surface area contributed by atoms with Crippen LogP contribution in [0, 0.1) is 11.8 Å². The van der Waals surface area contributed by atoms with Gasteiger partial charge in [0.1, 0.15) is 13.2 Å². The van der Waals surface area contributed by atoms with Crippen LogP contribution in [-0.4, -0.2) is 37.2 Å². The molecule has 0 amide bonds. The molecule has 0 aromatic carbocycles. The molecule has 0 radical (unpaired) electrons. The van der Waals surface area contributed by atoms with Gasteiger partial charge in [0.05, 0.1) is 0 Å². The maximum absolute atomic E-state index is 12.8. The largest absolute Gasteiger partial charge is 0.462 e. The van der Waals surface area contributed by atoms with Crippen LogP contribution in [0.2, 0.25) is 0 Å². The van der Waals surface area contributed by atoms with Crippen molar-refractivity contribution in [3.8, 4) is 0 Å². The molecule has 0 saturated heterocycles. The third-order valence-corrected chi connectivity index (χ3v) is 12.5. The molecule has 0 aliphatic rings. The highest BCUT2D eigenvalue weighted by molar-refractivity contribution is 5.71. The maximum atomic E-state index is 12.8. The van der Waals surface area contributed by atoms with Gasteiger partial charge in [-0.1, -0.05) is 266 Å². The summed E-state index contributed by atoms with van der Waals surface area (Å²) in [4.78, 5) is 37.9. The summed E-state index contributed by atoms with van der Waals surface area (Å²) >= 11 is 0. The molecule has 0 heterocycles. The molecule has 0 spiro atoms. The van der Waals surface area contributed by atoms with Gasteiger partial charge in [-0.25, -0.2) is 0 Å². The van der Waals surface area contributed by atoms with Crippen LogP contribution in [0.25, 0.3) is 0 Å². The summed E-state index contributed by atoms with van der Waals surface area (Å²) in [5.41, 5.74) is 0. The second-order valence-corrected chi connectivity index (χ2v) is 19.8. The van der Waals surface area contributed by atoms with Gasteiger partial charge in [-0.15, -0.1) is 0 Å². The second kappa shape index (κ2) is 47.9. The van der Waals surface area contributed by atoms with Gasteiger partial charge in [0.25, 0.3) is 0 Å². The Morgan fingerprint density at radius 2 is 0.541 bits per heavy atom. The quantitative estimate of drug-likeness (QED) is 0.0344. The van der Waals surface area contributed by atoms with Crippen molar-refractivity contribution < 1.29 is 28.6 Å². The van der Waals surface area contributed by atoms with E-state index in [1.807, 2.05) is 0 Å². The van der Waals surface area contributed by atoms with E-state index < -0.39 is 6.10 Å². The molecular formula is C55H106O6. The van der Waals surface area contributed by atoms with Crippen LogP contribution in [0.5, 0.6) is 0 Å². The molecule has 61 heavy (non-hydrogen) atoms. The van der Waals surface area contributed by atoms with Crippen LogP contribution in [0.4, 0.5) is 0 Å². The monoisotopic (exact) mass is 863 g/mol. The molecule has 0 N–H and O–H groups in total. The Morgan fingerprint density at radius 1 is 0.311 bits per heavy atom. The van der Waals surface area contributed by atoms with Crippen molar-refractivity contribution >= 4 is 17.9 Å². The Labute approximate surface area is 380 Å². The average Bonchev–Trinajstić information content (AvgIpc) is 3.23. The van der Waals surface area contributed by atoms with E-state index in [4.69, 9.17) is 14.2 Å². The van der Waals surface area contributed by atoms with E-state index in [9.17, 15) is 14.4 Å². The third-order valence-electron chi connectivity index (χ3n) is 12.5. The van der Waals surface area contributed by atoms with Gasteiger partial charge in [0, 0.05) is 19.3 Å². The average molecular weight is 863 g/mol. The summed E-state index contributed by atoms with van der Waals surface area (Å²) in [5, 5.41) is 0. The first-order valence-corrected chi connectivity index (χ1v) is 27.2. The zero-order valence-corrected chi connectivity index (χ0v) is 41.8. The van der Waals surface area contributed by atoms with Gasteiger partial charge < -0.3 is 14.2 Å². The Bertz CT molecular complexity index is 931. The van der Waals surface area contributed by atoms with E-state index in [1.165, 1.54) is 193 Å². The van der Waals surface area contributed by atoms with Crippen molar-refractivity contribution in [2.45, 2.75) is 310 Å². The lowest BCUT2D eigenvalue weighted by atomic mass is 10.0. The number of carbonyl (C=O) groups is 3. The fourth-order valence-corrected chi connectivity index (χ4v) is 8.34. The summed E-state index contributed by atoms with van der Waals surface area (Å²) in [5.74, 6) is 0.792. The normalized spacial score (nSPS) is 12.0. The Hall–Kier alpha value is -1.59. The SMILES string of the molecule is CCCCCCCCCCCCCCC(=O)OC[C@H](COC(=O)CCCCCCCCCC(C)C)OC(=O)CCCCCCCCCCCCCCCCCCCCC(C)C. The van der Waals surface area contributed by atoms with Crippen LogP contribution < -0.4 is 0 Å². The van der Waals surface area contributed by atoms with E-state index in [1.54, 1.807) is 0 Å². The number of carbonyl (C=O) groups excluding carboxylic acids is 3. The van der Waals surface area contributed by atoms with Gasteiger partial charge in [-0.05, 0) is 31.1 Å². The van der Waals surface area contributed by atoms with Crippen molar-refractivity contribution in [2.24, 2.45) is 11.8 Å².